The molecule has 0 atom stereocenters. The Hall–Kier alpha value is -2.14. The van der Waals surface area contributed by atoms with Crippen molar-refractivity contribution in [1.82, 2.24) is 9.55 Å². The van der Waals surface area contributed by atoms with E-state index >= 15 is 0 Å². The zero-order chi connectivity index (χ0) is 12.1. The molecule has 0 saturated carbocycles. The molecule has 0 fully saturated rings. The van der Waals surface area contributed by atoms with Crippen LogP contribution in [-0.2, 0) is 4.79 Å². The first-order valence-corrected chi connectivity index (χ1v) is 5.38. The van der Waals surface area contributed by atoms with E-state index < -0.39 is 0 Å². The van der Waals surface area contributed by atoms with Crippen LogP contribution in [0.4, 0.5) is 5.69 Å². The molecule has 17 heavy (non-hydrogen) atoms. The number of hydrogen-bond donors (Lipinski definition) is 2. The summed E-state index contributed by atoms with van der Waals surface area (Å²) in [5, 5.41) is 2.83. The molecule has 1 aromatic carbocycles. The number of amides is 1. The molecule has 0 aliphatic heterocycles. The van der Waals surface area contributed by atoms with Gasteiger partial charge < -0.3 is 15.6 Å². The summed E-state index contributed by atoms with van der Waals surface area (Å²) >= 11 is 0. The van der Waals surface area contributed by atoms with Gasteiger partial charge in [0.15, 0.2) is 0 Å². The molecule has 0 aliphatic rings. The van der Waals surface area contributed by atoms with E-state index in [1.54, 1.807) is 12.5 Å². The molecule has 2 aromatic rings. The third-order valence-corrected chi connectivity index (χ3v) is 2.33. The normalized spacial score (nSPS) is 10.2. The molecular weight excluding hydrogens is 216 g/mol. The van der Waals surface area contributed by atoms with Crippen LogP contribution in [0.15, 0.2) is 43.0 Å². The summed E-state index contributed by atoms with van der Waals surface area (Å²) in [6.07, 6.45) is 5.53. The Balaban J connectivity index is 2.25. The number of imidazole rings is 1. The molecular formula is C12H14N4O. The maximum absolute atomic E-state index is 11.5. The van der Waals surface area contributed by atoms with Gasteiger partial charge in [0, 0.05) is 25.4 Å². The molecule has 1 heterocycles. The number of hydrogen-bond acceptors (Lipinski definition) is 3. The van der Waals surface area contributed by atoms with Gasteiger partial charge in [0.25, 0.3) is 0 Å². The van der Waals surface area contributed by atoms with Crippen molar-refractivity contribution in [3.8, 4) is 5.69 Å². The van der Waals surface area contributed by atoms with Crippen LogP contribution in [0, 0.1) is 0 Å². The van der Waals surface area contributed by atoms with E-state index in [9.17, 15) is 4.79 Å². The monoisotopic (exact) mass is 230 g/mol. The van der Waals surface area contributed by atoms with Crippen molar-refractivity contribution in [2.45, 2.75) is 6.42 Å². The van der Waals surface area contributed by atoms with Crippen molar-refractivity contribution in [2.75, 3.05) is 11.9 Å². The SMILES string of the molecule is NCCC(=O)Nc1ccccc1-n1ccnc1. The predicted octanol–water partition coefficient (Wildman–Crippen LogP) is 1.16. The van der Waals surface area contributed by atoms with Crippen LogP contribution in [0.1, 0.15) is 6.42 Å². The van der Waals surface area contributed by atoms with Crippen molar-refractivity contribution in [1.29, 1.82) is 0 Å². The number of carbonyl (C=O) groups is 1. The highest BCUT2D eigenvalue weighted by Gasteiger charge is 2.06. The van der Waals surface area contributed by atoms with E-state index in [-0.39, 0.29) is 5.91 Å². The highest BCUT2D eigenvalue weighted by Crippen LogP contribution is 2.19. The standard InChI is InChI=1S/C12H14N4O/c13-6-5-12(17)15-10-3-1-2-4-11(10)16-8-7-14-9-16/h1-4,7-9H,5-6,13H2,(H,15,17). The van der Waals surface area contributed by atoms with E-state index in [1.807, 2.05) is 35.0 Å². The predicted molar refractivity (Wildman–Crippen MR) is 65.9 cm³/mol. The molecule has 5 nitrogen and oxygen atoms in total. The van der Waals surface area contributed by atoms with E-state index in [0.29, 0.717) is 13.0 Å². The number of benzene rings is 1. The summed E-state index contributed by atoms with van der Waals surface area (Å²) in [4.78, 5) is 15.5. The van der Waals surface area contributed by atoms with Crippen molar-refractivity contribution < 1.29 is 4.79 Å². The number of rotatable bonds is 4. The lowest BCUT2D eigenvalue weighted by molar-refractivity contribution is -0.116. The Bertz CT molecular complexity index is 493. The maximum atomic E-state index is 11.5. The number of anilines is 1. The zero-order valence-electron chi connectivity index (χ0n) is 9.34. The Morgan fingerprint density at radius 1 is 1.41 bits per heavy atom. The molecule has 3 N–H and O–H groups in total. The lowest BCUT2D eigenvalue weighted by Gasteiger charge is -2.10. The first-order chi connectivity index (χ1) is 8.31. The number of carbonyl (C=O) groups excluding carboxylic acids is 1. The lowest BCUT2D eigenvalue weighted by Crippen LogP contribution is -2.17. The van der Waals surface area contributed by atoms with Gasteiger partial charge in [-0.3, -0.25) is 4.79 Å². The molecule has 0 saturated heterocycles. The number of nitrogens with two attached hydrogens (primary N) is 1. The molecule has 0 aliphatic carbocycles. The van der Waals surface area contributed by atoms with Gasteiger partial charge in [-0.1, -0.05) is 12.1 Å². The molecule has 0 bridgehead atoms. The Morgan fingerprint density at radius 2 is 2.24 bits per heavy atom. The van der Waals surface area contributed by atoms with E-state index in [1.165, 1.54) is 0 Å². The van der Waals surface area contributed by atoms with Gasteiger partial charge in [-0.15, -0.1) is 0 Å². The van der Waals surface area contributed by atoms with E-state index in [4.69, 9.17) is 5.73 Å². The van der Waals surface area contributed by atoms with Crippen LogP contribution < -0.4 is 11.1 Å². The van der Waals surface area contributed by atoms with Crippen LogP contribution in [0.25, 0.3) is 5.69 Å². The van der Waals surface area contributed by atoms with Crippen LogP contribution in [0.3, 0.4) is 0 Å². The quantitative estimate of drug-likeness (QED) is 0.827. The molecule has 5 heteroatoms. The molecule has 0 spiro atoms. The number of aromatic nitrogens is 2. The van der Waals surface area contributed by atoms with Gasteiger partial charge in [-0.05, 0) is 12.1 Å². The second-order valence-corrected chi connectivity index (χ2v) is 3.57. The summed E-state index contributed by atoms with van der Waals surface area (Å²) in [5.41, 5.74) is 6.98. The van der Waals surface area contributed by atoms with Crippen molar-refractivity contribution in [3.05, 3.63) is 43.0 Å². The average Bonchev–Trinajstić information content (AvgIpc) is 2.83. The van der Waals surface area contributed by atoms with Crippen molar-refractivity contribution >= 4 is 11.6 Å². The fraction of sp³-hybridized carbons (Fsp3) is 0.167. The summed E-state index contributed by atoms with van der Waals surface area (Å²) in [5.74, 6) is -0.0833. The van der Waals surface area contributed by atoms with Gasteiger partial charge in [-0.2, -0.15) is 0 Å². The number of nitrogens with zero attached hydrogens (tertiary/aromatic N) is 2. The largest absolute Gasteiger partial charge is 0.330 e. The minimum Gasteiger partial charge on any atom is -0.330 e. The fourth-order valence-corrected chi connectivity index (χ4v) is 1.55. The van der Waals surface area contributed by atoms with Crippen LogP contribution in [-0.4, -0.2) is 22.0 Å². The van der Waals surface area contributed by atoms with Gasteiger partial charge in [0.1, 0.15) is 0 Å². The summed E-state index contributed by atoms with van der Waals surface area (Å²) in [6.45, 7) is 0.346. The Labute approximate surface area is 99.3 Å². The maximum Gasteiger partial charge on any atom is 0.225 e. The van der Waals surface area contributed by atoms with E-state index in [2.05, 4.69) is 10.3 Å². The van der Waals surface area contributed by atoms with Crippen LogP contribution in [0.5, 0.6) is 0 Å². The minimum absolute atomic E-state index is 0.0833. The second kappa shape index (κ2) is 5.27. The first kappa shape index (κ1) is 11.3. The lowest BCUT2D eigenvalue weighted by atomic mass is 10.2. The summed E-state index contributed by atoms with van der Waals surface area (Å²) in [6, 6.07) is 7.55. The summed E-state index contributed by atoms with van der Waals surface area (Å²) < 4.78 is 1.85. The van der Waals surface area contributed by atoms with Gasteiger partial charge in [0.2, 0.25) is 5.91 Å². The zero-order valence-corrected chi connectivity index (χ0v) is 9.34. The number of nitrogens with one attached hydrogen (secondary N) is 1. The average molecular weight is 230 g/mol. The van der Waals surface area contributed by atoms with Gasteiger partial charge in [0.05, 0.1) is 17.7 Å². The molecule has 0 radical (unpaired) electrons. The summed E-state index contributed by atoms with van der Waals surface area (Å²) in [7, 11) is 0. The molecule has 0 unspecified atom stereocenters. The molecule has 88 valence electrons. The highest BCUT2D eigenvalue weighted by atomic mass is 16.1. The van der Waals surface area contributed by atoms with Gasteiger partial charge in [-0.25, -0.2) is 4.98 Å². The van der Waals surface area contributed by atoms with Crippen LogP contribution in [0.2, 0.25) is 0 Å². The third-order valence-electron chi connectivity index (χ3n) is 2.33. The topological polar surface area (TPSA) is 72.9 Å². The van der Waals surface area contributed by atoms with Crippen LogP contribution >= 0.6 is 0 Å². The van der Waals surface area contributed by atoms with Gasteiger partial charge >= 0.3 is 0 Å². The Morgan fingerprint density at radius 3 is 2.94 bits per heavy atom. The van der Waals surface area contributed by atoms with E-state index in [0.717, 1.165) is 11.4 Å². The molecule has 2 rings (SSSR count). The molecule has 1 amide bonds. The Kier molecular flexibility index (Phi) is 3.52. The smallest absolute Gasteiger partial charge is 0.225 e. The second-order valence-electron chi connectivity index (χ2n) is 3.57. The van der Waals surface area contributed by atoms with Crippen molar-refractivity contribution in [2.24, 2.45) is 5.73 Å². The molecule has 1 aromatic heterocycles. The minimum atomic E-state index is -0.0833. The first-order valence-electron chi connectivity index (χ1n) is 5.38. The van der Waals surface area contributed by atoms with Crippen molar-refractivity contribution in [3.63, 3.8) is 0 Å². The highest BCUT2D eigenvalue weighted by molar-refractivity contribution is 5.92. The third kappa shape index (κ3) is 2.70. The fourth-order valence-electron chi connectivity index (χ4n) is 1.55. The number of para-hydroxylation sites is 2.